The van der Waals surface area contributed by atoms with Crippen LogP contribution >= 0.6 is 0 Å². The first-order valence-corrected chi connectivity index (χ1v) is 6.72. The van der Waals surface area contributed by atoms with E-state index in [-0.39, 0.29) is 0 Å². The highest BCUT2D eigenvalue weighted by atomic mass is 15.0. The Hall–Kier alpha value is -1.02. The first-order chi connectivity index (χ1) is 8.16. The average molecular weight is 232 g/mol. The second-order valence-corrected chi connectivity index (χ2v) is 5.54. The van der Waals surface area contributed by atoms with Gasteiger partial charge in [-0.1, -0.05) is 32.0 Å². The molecule has 0 saturated carbocycles. The van der Waals surface area contributed by atoms with Crippen LogP contribution in [0.25, 0.3) is 0 Å². The molecule has 17 heavy (non-hydrogen) atoms. The van der Waals surface area contributed by atoms with E-state index >= 15 is 0 Å². The third kappa shape index (κ3) is 3.22. The molecule has 94 valence electrons. The maximum absolute atomic E-state index is 3.68. The molecule has 1 atom stereocenters. The van der Waals surface area contributed by atoms with Crippen molar-refractivity contribution in [2.45, 2.75) is 39.7 Å². The maximum Gasteiger partial charge on any atom is 0.0405 e. The Morgan fingerprint density at radius 3 is 3.00 bits per heavy atom. The van der Waals surface area contributed by atoms with Crippen LogP contribution in [0.4, 0.5) is 5.69 Å². The topological polar surface area (TPSA) is 24.1 Å². The Kier molecular flexibility index (Phi) is 4.06. The molecule has 1 aliphatic heterocycles. The summed E-state index contributed by atoms with van der Waals surface area (Å²) < 4.78 is 0. The van der Waals surface area contributed by atoms with Gasteiger partial charge < -0.3 is 10.6 Å². The number of fused-ring (bicyclic) bond motifs is 1. The Morgan fingerprint density at radius 1 is 1.41 bits per heavy atom. The molecule has 2 N–H and O–H groups in total. The predicted molar refractivity (Wildman–Crippen MR) is 74.6 cm³/mol. The van der Waals surface area contributed by atoms with Crippen molar-refractivity contribution in [3.8, 4) is 0 Å². The van der Waals surface area contributed by atoms with Gasteiger partial charge in [0.25, 0.3) is 0 Å². The van der Waals surface area contributed by atoms with Crippen molar-refractivity contribution in [3.63, 3.8) is 0 Å². The fraction of sp³-hybridized carbons (Fsp3) is 0.600. The van der Waals surface area contributed by atoms with Crippen LogP contribution in [0, 0.1) is 12.8 Å². The lowest BCUT2D eigenvalue weighted by molar-refractivity contribution is 0.507. The quantitative estimate of drug-likeness (QED) is 0.834. The van der Waals surface area contributed by atoms with Gasteiger partial charge in [0, 0.05) is 18.3 Å². The average Bonchev–Trinajstić information content (AvgIpc) is 2.30. The van der Waals surface area contributed by atoms with Crippen molar-refractivity contribution >= 4 is 5.69 Å². The summed E-state index contributed by atoms with van der Waals surface area (Å²) in [5.41, 5.74) is 4.22. The highest BCUT2D eigenvalue weighted by Gasteiger charge is 2.18. The Morgan fingerprint density at radius 2 is 2.24 bits per heavy atom. The van der Waals surface area contributed by atoms with E-state index < -0.39 is 0 Å². The second-order valence-electron chi connectivity index (χ2n) is 5.54. The van der Waals surface area contributed by atoms with E-state index in [1.54, 1.807) is 0 Å². The summed E-state index contributed by atoms with van der Waals surface area (Å²) >= 11 is 0. The molecule has 1 aromatic carbocycles. The summed E-state index contributed by atoms with van der Waals surface area (Å²) in [5, 5.41) is 7.22. The molecule has 1 unspecified atom stereocenters. The molecule has 0 bridgehead atoms. The van der Waals surface area contributed by atoms with Gasteiger partial charge in [0.2, 0.25) is 0 Å². The van der Waals surface area contributed by atoms with Gasteiger partial charge in [0.1, 0.15) is 0 Å². The molecule has 0 spiro atoms. The lowest BCUT2D eigenvalue weighted by atomic mass is 9.95. The van der Waals surface area contributed by atoms with Crippen molar-refractivity contribution in [1.29, 1.82) is 0 Å². The predicted octanol–water partition coefficient (Wildman–Crippen LogP) is 2.97. The van der Waals surface area contributed by atoms with Crippen LogP contribution in [0.3, 0.4) is 0 Å². The maximum atomic E-state index is 3.68. The molecule has 0 aliphatic carbocycles. The van der Waals surface area contributed by atoms with Crippen LogP contribution in [-0.2, 0) is 6.42 Å². The molecule has 2 heteroatoms. The van der Waals surface area contributed by atoms with E-state index in [0.29, 0.717) is 6.04 Å². The van der Waals surface area contributed by atoms with E-state index in [4.69, 9.17) is 0 Å². The van der Waals surface area contributed by atoms with E-state index in [1.807, 2.05) is 0 Å². The smallest absolute Gasteiger partial charge is 0.0405 e. The number of benzene rings is 1. The molecule has 1 aliphatic rings. The molecule has 2 rings (SSSR count). The van der Waals surface area contributed by atoms with Crippen molar-refractivity contribution in [2.24, 2.45) is 5.92 Å². The zero-order chi connectivity index (χ0) is 12.3. The fourth-order valence-electron chi connectivity index (χ4n) is 2.45. The van der Waals surface area contributed by atoms with Gasteiger partial charge >= 0.3 is 0 Å². The largest absolute Gasteiger partial charge is 0.381 e. The summed E-state index contributed by atoms with van der Waals surface area (Å²) in [6.45, 7) is 8.88. The Balaban J connectivity index is 1.92. The SMILES string of the molecule is Cc1cccc2c1NC(CNCC(C)C)CC2. The molecule has 2 nitrogen and oxygen atoms in total. The van der Waals surface area contributed by atoms with Crippen LogP contribution in [0.1, 0.15) is 31.4 Å². The highest BCUT2D eigenvalue weighted by Crippen LogP contribution is 2.27. The van der Waals surface area contributed by atoms with Gasteiger partial charge in [0.05, 0.1) is 0 Å². The minimum Gasteiger partial charge on any atom is -0.381 e. The number of rotatable bonds is 4. The highest BCUT2D eigenvalue weighted by molar-refractivity contribution is 5.59. The van der Waals surface area contributed by atoms with E-state index in [2.05, 4.69) is 49.6 Å². The Labute approximate surface area is 105 Å². The van der Waals surface area contributed by atoms with Crippen molar-refractivity contribution < 1.29 is 0 Å². The minimum atomic E-state index is 0.586. The number of anilines is 1. The first kappa shape index (κ1) is 12.4. The van der Waals surface area contributed by atoms with Crippen LogP contribution in [0.5, 0.6) is 0 Å². The normalized spacial score (nSPS) is 18.9. The van der Waals surface area contributed by atoms with Gasteiger partial charge in [0.15, 0.2) is 0 Å². The zero-order valence-electron chi connectivity index (χ0n) is 11.2. The third-order valence-corrected chi connectivity index (χ3v) is 3.41. The molecular weight excluding hydrogens is 208 g/mol. The lowest BCUT2D eigenvalue weighted by Crippen LogP contribution is -2.37. The van der Waals surface area contributed by atoms with Crippen LogP contribution < -0.4 is 10.6 Å². The molecule has 0 saturated heterocycles. The minimum absolute atomic E-state index is 0.586. The summed E-state index contributed by atoms with van der Waals surface area (Å²) in [7, 11) is 0. The van der Waals surface area contributed by atoms with Gasteiger partial charge in [-0.3, -0.25) is 0 Å². The monoisotopic (exact) mass is 232 g/mol. The molecule has 1 aromatic rings. The fourth-order valence-corrected chi connectivity index (χ4v) is 2.45. The van der Waals surface area contributed by atoms with Crippen molar-refractivity contribution in [2.75, 3.05) is 18.4 Å². The van der Waals surface area contributed by atoms with Crippen LogP contribution in [-0.4, -0.2) is 19.1 Å². The first-order valence-electron chi connectivity index (χ1n) is 6.72. The third-order valence-electron chi connectivity index (χ3n) is 3.41. The van der Waals surface area contributed by atoms with Crippen molar-refractivity contribution in [1.82, 2.24) is 5.32 Å². The van der Waals surface area contributed by atoms with Crippen molar-refractivity contribution in [3.05, 3.63) is 29.3 Å². The van der Waals surface area contributed by atoms with E-state index in [0.717, 1.165) is 19.0 Å². The summed E-state index contributed by atoms with van der Waals surface area (Å²) in [6, 6.07) is 7.18. The zero-order valence-corrected chi connectivity index (χ0v) is 11.2. The number of hydrogen-bond acceptors (Lipinski definition) is 2. The molecule has 1 heterocycles. The second kappa shape index (κ2) is 5.54. The number of para-hydroxylation sites is 1. The lowest BCUT2D eigenvalue weighted by Gasteiger charge is -2.29. The molecule has 0 amide bonds. The molecule has 0 radical (unpaired) electrons. The molecule has 0 fully saturated rings. The van der Waals surface area contributed by atoms with Crippen LogP contribution in [0.15, 0.2) is 18.2 Å². The molecular formula is C15H24N2. The van der Waals surface area contributed by atoms with Gasteiger partial charge in [-0.05, 0) is 43.4 Å². The number of hydrogen-bond donors (Lipinski definition) is 2. The molecule has 0 aromatic heterocycles. The Bertz CT molecular complexity index is 371. The number of nitrogens with one attached hydrogen (secondary N) is 2. The van der Waals surface area contributed by atoms with Gasteiger partial charge in [-0.2, -0.15) is 0 Å². The summed E-state index contributed by atoms with van der Waals surface area (Å²) in [4.78, 5) is 0. The summed E-state index contributed by atoms with van der Waals surface area (Å²) in [5.74, 6) is 0.729. The van der Waals surface area contributed by atoms with E-state index in [1.165, 1.54) is 29.7 Å². The standard InChI is InChI=1S/C15H24N2/c1-11(2)9-16-10-14-8-7-13-6-4-5-12(3)15(13)17-14/h4-6,11,14,16-17H,7-10H2,1-3H3. The van der Waals surface area contributed by atoms with E-state index in [9.17, 15) is 0 Å². The number of aryl methyl sites for hydroxylation is 2. The summed E-state index contributed by atoms with van der Waals surface area (Å²) in [6.07, 6.45) is 2.44. The van der Waals surface area contributed by atoms with Gasteiger partial charge in [-0.25, -0.2) is 0 Å². The van der Waals surface area contributed by atoms with Gasteiger partial charge in [-0.15, -0.1) is 0 Å². The van der Waals surface area contributed by atoms with Crippen LogP contribution in [0.2, 0.25) is 0 Å².